The summed E-state index contributed by atoms with van der Waals surface area (Å²) in [7, 11) is 0. The number of nitrogens with zero attached hydrogens (tertiary/aromatic N) is 1. The smallest absolute Gasteiger partial charge is 0.339 e. The molecule has 0 atom stereocenters. The van der Waals surface area contributed by atoms with Gasteiger partial charge in [0.1, 0.15) is 0 Å². The third-order valence-electron chi connectivity index (χ3n) is 2.92. The molecule has 0 radical (unpaired) electrons. The van der Waals surface area contributed by atoms with Crippen LogP contribution in [0.3, 0.4) is 0 Å². The quantitative estimate of drug-likeness (QED) is 0.794. The van der Waals surface area contributed by atoms with Crippen molar-refractivity contribution in [2.45, 2.75) is 20.3 Å². The minimum atomic E-state index is -0.325. The summed E-state index contributed by atoms with van der Waals surface area (Å²) in [4.78, 5) is 16.4. The lowest BCUT2D eigenvalue weighted by atomic mass is 10.1. The first-order chi connectivity index (χ1) is 9.65. The molecular weight excluding hydrogens is 274 g/mol. The lowest BCUT2D eigenvalue weighted by Gasteiger charge is -2.09. The molecule has 0 N–H and O–H groups in total. The second-order valence-corrected chi connectivity index (χ2v) is 4.71. The molecule has 0 unspecified atom stereocenters. The highest BCUT2D eigenvalue weighted by Gasteiger charge is 2.14. The van der Waals surface area contributed by atoms with E-state index in [1.54, 1.807) is 13.0 Å². The van der Waals surface area contributed by atoms with Gasteiger partial charge in [0.2, 0.25) is 0 Å². The summed E-state index contributed by atoms with van der Waals surface area (Å²) >= 11 is 5.99. The predicted molar refractivity (Wildman–Crippen MR) is 80.0 cm³/mol. The zero-order chi connectivity index (χ0) is 14.5. The van der Waals surface area contributed by atoms with Crippen molar-refractivity contribution in [1.29, 1.82) is 0 Å². The van der Waals surface area contributed by atoms with Crippen LogP contribution < -0.4 is 0 Å². The monoisotopic (exact) mass is 289 g/mol. The first kappa shape index (κ1) is 14.5. The Morgan fingerprint density at radius 2 is 2.05 bits per heavy atom. The highest BCUT2D eigenvalue weighted by atomic mass is 35.5. The van der Waals surface area contributed by atoms with Gasteiger partial charge in [0.25, 0.3) is 0 Å². The Morgan fingerprint density at radius 1 is 1.25 bits per heavy atom. The predicted octanol–water partition coefficient (Wildman–Crippen LogP) is 4.14. The number of carbonyl (C=O) groups excluding carboxylic acids is 1. The Balaban J connectivity index is 2.41. The number of carbonyl (C=O) groups is 1. The van der Waals surface area contributed by atoms with E-state index in [4.69, 9.17) is 16.3 Å². The van der Waals surface area contributed by atoms with Gasteiger partial charge in [0.05, 0.1) is 23.6 Å². The molecule has 0 fully saturated rings. The third kappa shape index (κ3) is 3.17. The molecule has 0 spiro atoms. The molecule has 2 rings (SSSR count). The number of rotatable bonds is 4. The van der Waals surface area contributed by atoms with Crippen molar-refractivity contribution in [3.05, 3.63) is 52.7 Å². The van der Waals surface area contributed by atoms with E-state index < -0.39 is 0 Å². The third-order valence-corrected chi connectivity index (χ3v) is 3.16. The number of ether oxygens (including phenoxy) is 1. The van der Waals surface area contributed by atoms with Crippen molar-refractivity contribution in [2.24, 2.45) is 0 Å². The topological polar surface area (TPSA) is 39.2 Å². The summed E-state index contributed by atoms with van der Waals surface area (Å²) in [6, 6.07) is 11.1. The Bertz CT molecular complexity index is 626. The molecule has 0 saturated carbocycles. The molecule has 1 aromatic carbocycles. The number of esters is 1. The fraction of sp³-hybridized carbons (Fsp3) is 0.250. The van der Waals surface area contributed by atoms with Gasteiger partial charge in [-0.1, -0.05) is 30.7 Å². The summed E-state index contributed by atoms with van der Waals surface area (Å²) in [5.41, 5.74) is 3.00. The van der Waals surface area contributed by atoms with Gasteiger partial charge in [-0.05, 0) is 37.6 Å². The standard InChI is InChI=1S/C16H16ClNO2/c1-3-14-13(16(19)20-4-2)8-9-15(18-14)11-6-5-7-12(17)10-11/h5-10H,3-4H2,1-2H3. The van der Waals surface area contributed by atoms with Crippen molar-refractivity contribution in [2.75, 3.05) is 6.61 Å². The van der Waals surface area contributed by atoms with E-state index in [1.165, 1.54) is 0 Å². The first-order valence-electron chi connectivity index (χ1n) is 6.58. The van der Waals surface area contributed by atoms with Gasteiger partial charge >= 0.3 is 5.97 Å². The van der Waals surface area contributed by atoms with Crippen LogP contribution >= 0.6 is 11.6 Å². The molecule has 0 amide bonds. The van der Waals surface area contributed by atoms with Crippen LogP contribution in [0.25, 0.3) is 11.3 Å². The number of halogens is 1. The first-order valence-corrected chi connectivity index (χ1v) is 6.96. The lowest BCUT2D eigenvalue weighted by molar-refractivity contribution is 0.0524. The summed E-state index contributed by atoms with van der Waals surface area (Å²) in [5.74, 6) is -0.325. The zero-order valence-corrected chi connectivity index (χ0v) is 12.3. The fourth-order valence-electron chi connectivity index (χ4n) is 1.97. The van der Waals surface area contributed by atoms with Crippen LogP contribution in [0.2, 0.25) is 5.02 Å². The van der Waals surface area contributed by atoms with Crippen molar-refractivity contribution < 1.29 is 9.53 Å². The number of benzene rings is 1. The Hall–Kier alpha value is -1.87. The maximum Gasteiger partial charge on any atom is 0.339 e. The number of hydrogen-bond donors (Lipinski definition) is 0. The van der Waals surface area contributed by atoms with Crippen molar-refractivity contribution >= 4 is 17.6 Å². The average Bonchev–Trinajstić information content (AvgIpc) is 2.46. The number of pyridine rings is 1. The molecule has 104 valence electrons. The normalized spacial score (nSPS) is 10.3. The molecule has 3 nitrogen and oxygen atoms in total. The molecule has 20 heavy (non-hydrogen) atoms. The second-order valence-electron chi connectivity index (χ2n) is 4.28. The average molecular weight is 290 g/mol. The summed E-state index contributed by atoms with van der Waals surface area (Å²) < 4.78 is 5.04. The van der Waals surface area contributed by atoms with Crippen LogP contribution in [0.15, 0.2) is 36.4 Å². The molecule has 0 aliphatic rings. The van der Waals surface area contributed by atoms with Crippen LogP contribution in [0.4, 0.5) is 0 Å². The van der Waals surface area contributed by atoms with Crippen LogP contribution in [-0.4, -0.2) is 17.6 Å². The molecule has 1 heterocycles. The maximum absolute atomic E-state index is 11.8. The Labute approximate surface area is 123 Å². The van der Waals surface area contributed by atoms with Gasteiger partial charge in [-0.25, -0.2) is 4.79 Å². The van der Waals surface area contributed by atoms with Gasteiger partial charge in [-0.2, -0.15) is 0 Å². The summed E-state index contributed by atoms with van der Waals surface area (Å²) in [6.07, 6.45) is 0.669. The van der Waals surface area contributed by atoms with Crippen LogP contribution in [0.1, 0.15) is 29.9 Å². The molecular formula is C16H16ClNO2. The number of aromatic nitrogens is 1. The highest BCUT2D eigenvalue weighted by Crippen LogP contribution is 2.23. The number of hydrogen-bond acceptors (Lipinski definition) is 3. The van der Waals surface area contributed by atoms with E-state index in [9.17, 15) is 4.79 Å². The van der Waals surface area contributed by atoms with Gasteiger partial charge in [-0.3, -0.25) is 4.98 Å². The molecule has 1 aromatic heterocycles. The van der Waals surface area contributed by atoms with Gasteiger partial charge in [0.15, 0.2) is 0 Å². The fourth-order valence-corrected chi connectivity index (χ4v) is 2.16. The van der Waals surface area contributed by atoms with Gasteiger partial charge in [-0.15, -0.1) is 0 Å². The molecule has 0 bridgehead atoms. The van der Waals surface area contributed by atoms with E-state index in [-0.39, 0.29) is 5.97 Å². The highest BCUT2D eigenvalue weighted by molar-refractivity contribution is 6.30. The summed E-state index contributed by atoms with van der Waals surface area (Å²) in [6.45, 7) is 4.11. The Kier molecular flexibility index (Phi) is 4.74. The van der Waals surface area contributed by atoms with E-state index in [0.717, 1.165) is 17.0 Å². The van der Waals surface area contributed by atoms with E-state index in [2.05, 4.69) is 4.98 Å². The molecule has 4 heteroatoms. The number of aryl methyl sites for hydroxylation is 1. The molecule has 0 aliphatic carbocycles. The van der Waals surface area contributed by atoms with Gasteiger partial charge in [0, 0.05) is 10.6 Å². The molecule has 2 aromatic rings. The minimum absolute atomic E-state index is 0.325. The molecule has 0 saturated heterocycles. The maximum atomic E-state index is 11.8. The lowest BCUT2D eigenvalue weighted by Crippen LogP contribution is -2.09. The Morgan fingerprint density at radius 3 is 2.70 bits per heavy atom. The zero-order valence-electron chi connectivity index (χ0n) is 11.5. The SMILES string of the molecule is CCOC(=O)c1ccc(-c2cccc(Cl)c2)nc1CC. The minimum Gasteiger partial charge on any atom is -0.462 e. The largest absolute Gasteiger partial charge is 0.462 e. The van der Waals surface area contributed by atoms with Crippen LogP contribution in [0, 0.1) is 0 Å². The van der Waals surface area contributed by atoms with Crippen LogP contribution in [0.5, 0.6) is 0 Å². The molecule has 0 aliphatic heterocycles. The van der Waals surface area contributed by atoms with Crippen molar-refractivity contribution in [3.8, 4) is 11.3 Å². The van der Waals surface area contributed by atoms with Crippen LogP contribution in [-0.2, 0) is 11.2 Å². The second kappa shape index (κ2) is 6.53. The van der Waals surface area contributed by atoms with E-state index >= 15 is 0 Å². The van der Waals surface area contributed by atoms with E-state index in [1.807, 2.05) is 37.3 Å². The van der Waals surface area contributed by atoms with Crippen molar-refractivity contribution in [3.63, 3.8) is 0 Å². The van der Waals surface area contributed by atoms with Crippen molar-refractivity contribution in [1.82, 2.24) is 4.98 Å². The summed E-state index contributed by atoms with van der Waals surface area (Å²) in [5, 5.41) is 0.664. The van der Waals surface area contributed by atoms with E-state index in [0.29, 0.717) is 23.6 Å². The van der Waals surface area contributed by atoms with Gasteiger partial charge < -0.3 is 4.74 Å².